The molecule has 0 aliphatic rings. The highest BCUT2D eigenvalue weighted by Crippen LogP contribution is 2.08. The van der Waals surface area contributed by atoms with Crippen LogP contribution in [0.4, 0.5) is 0 Å². The van der Waals surface area contributed by atoms with Crippen molar-refractivity contribution in [1.29, 1.82) is 0 Å². The fourth-order valence-corrected chi connectivity index (χ4v) is 2.58. The third-order valence-electron chi connectivity index (χ3n) is 4.29. The third kappa shape index (κ3) is 9.39. The molecule has 26 heavy (non-hydrogen) atoms. The number of hydrogen-bond acceptors (Lipinski definition) is 3. The van der Waals surface area contributed by atoms with Crippen molar-refractivity contribution in [3.63, 3.8) is 0 Å². The molecule has 0 aromatic carbocycles. The molecule has 0 aliphatic carbocycles. The Bertz CT molecular complexity index is 544. The molecule has 0 fully saturated rings. The second-order valence-corrected chi connectivity index (χ2v) is 7.18. The largest absolute Gasteiger partial charge is 0.354 e. The summed E-state index contributed by atoms with van der Waals surface area (Å²) in [6.45, 7) is 7.52. The van der Waals surface area contributed by atoms with Crippen LogP contribution in [0, 0.1) is 5.92 Å². The minimum atomic E-state index is 0.0383. The lowest BCUT2D eigenvalue weighted by atomic mass is 10.0. The van der Waals surface area contributed by atoms with E-state index >= 15 is 0 Å². The molecule has 1 amide bonds. The van der Waals surface area contributed by atoms with Crippen molar-refractivity contribution in [2.75, 3.05) is 27.2 Å². The van der Waals surface area contributed by atoms with Crippen LogP contribution in [0.1, 0.15) is 45.7 Å². The number of aromatic nitrogens is 1. The molecule has 0 aliphatic heterocycles. The highest BCUT2D eigenvalue weighted by molar-refractivity contribution is 5.86. The molecule has 6 nitrogen and oxygen atoms in total. The monoisotopic (exact) mass is 361 g/mol. The van der Waals surface area contributed by atoms with E-state index in [1.807, 2.05) is 25.2 Å². The first-order valence-electron chi connectivity index (χ1n) is 9.53. The van der Waals surface area contributed by atoms with E-state index in [1.54, 1.807) is 18.1 Å². The molecule has 1 unspecified atom stereocenters. The number of guanidine groups is 1. The van der Waals surface area contributed by atoms with Crippen LogP contribution in [0.5, 0.6) is 0 Å². The maximum atomic E-state index is 12.3. The summed E-state index contributed by atoms with van der Waals surface area (Å²) < 4.78 is 0. The van der Waals surface area contributed by atoms with Gasteiger partial charge < -0.3 is 15.5 Å². The van der Waals surface area contributed by atoms with Crippen LogP contribution >= 0.6 is 0 Å². The average Bonchev–Trinajstić information content (AvgIpc) is 2.63. The first-order valence-corrected chi connectivity index (χ1v) is 9.53. The Labute approximate surface area is 158 Å². The van der Waals surface area contributed by atoms with Gasteiger partial charge in [0.15, 0.2) is 5.96 Å². The van der Waals surface area contributed by atoms with Crippen LogP contribution < -0.4 is 10.6 Å². The lowest BCUT2D eigenvalue weighted by Gasteiger charge is -2.20. The van der Waals surface area contributed by atoms with Crippen LogP contribution in [0.15, 0.2) is 29.4 Å². The number of likely N-dealkylation sites (N-methyl/N-ethyl adjacent to an activating group) is 1. The van der Waals surface area contributed by atoms with Crippen molar-refractivity contribution in [1.82, 2.24) is 20.5 Å². The number of pyridine rings is 1. The highest BCUT2D eigenvalue weighted by atomic mass is 16.2. The molecule has 0 spiro atoms. The fourth-order valence-electron chi connectivity index (χ4n) is 2.58. The van der Waals surface area contributed by atoms with E-state index in [2.05, 4.69) is 41.4 Å². The number of hydrogen-bond donors (Lipinski definition) is 2. The summed E-state index contributed by atoms with van der Waals surface area (Å²) in [5.74, 6) is 1.45. The number of rotatable bonds is 10. The minimum Gasteiger partial charge on any atom is -0.354 e. The number of carbonyl (C=O) groups excluding carboxylic acids is 1. The smallest absolute Gasteiger partial charge is 0.241 e. The molecule has 0 bridgehead atoms. The van der Waals surface area contributed by atoms with Gasteiger partial charge in [0.1, 0.15) is 0 Å². The standard InChI is InChI=1S/C20H35N5O/c1-16(2)9-8-10-17(3)24-20(21-4)23-15-19(26)25(5)14-12-18-11-6-7-13-22-18/h6-7,11,13,16-17H,8-10,12,14-15H2,1-5H3,(H2,21,23,24). The van der Waals surface area contributed by atoms with Gasteiger partial charge in [0.25, 0.3) is 0 Å². The zero-order valence-corrected chi connectivity index (χ0v) is 17.0. The van der Waals surface area contributed by atoms with Crippen molar-refractivity contribution in [2.45, 2.75) is 52.5 Å². The predicted molar refractivity (Wildman–Crippen MR) is 108 cm³/mol. The van der Waals surface area contributed by atoms with Gasteiger partial charge in [-0.1, -0.05) is 32.8 Å². The number of aliphatic imine (C=N–C) groups is 1. The fraction of sp³-hybridized carbons (Fsp3) is 0.650. The van der Waals surface area contributed by atoms with E-state index in [1.165, 1.54) is 12.8 Å². The van der Waals surface area contributed by atoms with E-state index in [-0.39, 0.29) is 12.5 Å². The molecule has 1 atom stereocenters. The zero-order chi connectivity index (χ0) is 19.4. The molecule has 6 heteroatoms. The molecule has 0 radical (unpaired) electrons. The SMILES string of the molecule is CN=C(NCC(=O)N(C)CCc1ccccn1)NC(C)CCCC(C)C. The number of amides is 1. The van der Waals surface area contributed by atoms with Crippen LogP contribution in [-0.2, 0) is 11.2 Å². The summed E-state index contributed by atoms with van der Waals surface area (Å²) in [6, 6.07) is 6.16. The van der Waals surface area contributed by atoms with Crippen molar-refractivity contribution >= 4 is 11.9 Å². The third-order valence-corrected chi connectivity index (χ3v) is 4.29. The maximum absolute atomic E-state index is 12.3. The topological polar surface area (TPSA) is 69.6 Å². The van der Waals surface area contributed by atoms with Gasteiger partial charge in [-0.2, -0.15) is 0 Å². The summed E-state index contributed by atoms with van der Waals surface area (Å²) in [5.41, 5.74) is 0.993. The zero-order valence-electron chi connectivity index (χ0n) is 17.0. The molecule has 1 heterocycles. The van der Waals surface area contributed by atoms with Gasteiger partial charge >= 0.3 is 0 Å². The van der Waals surface area contributed by atoms with Crippen LogP contribution in [0.3, 0.4) is 0 Å². The molecular weight excluding hydrogens is 326 g/mol. The molecule has 146 valence electrons. The Morgan fingerprint density at radius 3 is 2.65 bits per heavy atom. The van der Waals surface area contributed by atoms with Crippen molar-refractivity contribution in [2.24, 2.45) is 10.9 Å². The van der Waals surface area contributed by atoms with Gasteiger partial charge in [0, 0.05) is 45.0 Å². The molecule has 0 saturated carbocycles. The summed E-state index contributed by atoms with van der Waals surface area (Å²) in [7, 11) is 3.54. The number of carbonyl (C=O) groups is 1. The van der Waals surface area contributed by atoms with Crippen LogP contribution in [0.25, 0.3) is 0 Å². The highest BCUT2D eigenvalue weighted by Gasteiger charge is 2.11. The Morgan fingerprint density at radius 1 is 1.27 bits per heavy atom. The summed E-state index contributed by atoms with van der Waals surface area (Å²) >= 11 is 0. The summed E-state index contributed by atoms with van der Waals surface area (Å²) in [5, 5.41) is 6.46. The van der Waals surface area contributed by atoms with Gasteiger partial charge in [0.05, 0.1) is 6.54 Å². The minimum absolute atomic E-state index is 0.0383. The molecule has 0 saturated heterocycles. The molecule has 2 N–H and O–H groups in total. The Hall–Kier alpha value is -2.11. The second-order valence-electron chi connectivity index (χ2n) is 7.18. The van der Waals surface area contributed by atoms with Crippen LogP contribution in [0.2, 0.25) is 0 Å². The maximum Gasteiger partial charge on any atom is 0.241 e. The van der Waals surface area contributed by atoms with E-state index in [0.717, 1.165) is 24.5 Å². The Balaban J connectivity index is 2.29. The molecule has 1 aromatic heterocycles. The first-order chi connectivity index (χ1) is 12.4. The predicted octanol–water partition coefficient (Wildman–Crippen LogP) is 2.46. The van der Waals surface area contributed by atoms with Crippen molar-refractivity contribution in [3.05, 3.63) is 30.1 Å². The van der Waals surface area contributed by atoms with E-state index in [4.69, 9.17) is 0 Å². The molecule has 1 rings (SSSR count). The van der Waals surface area contributed by atoms with Gasteiger partial charge in [-0.15, -0.1) is 0 Å². The van der Waals surface area contributed by atoms with Gasteiger partial charge in [-0.05, 0) is 31.4 Å². The Morgan fingerprint density at radius 2 is 2.04 bits per heavy atom. The first kappa shape index (κ1) is 21.9. The molecule has 1 aromatic rings. The summed E-state index contributed by atoms with van der Waals surface area (Å²) in [4.78, 5) is 22.5. The van der Waals surface area contributed by atoms with E-state index in [9.17, 15) is 4.79 Å². The van der Waals surface area contributed by atoms with Gasteiger partial charge in [0.2, 0.25) is 5.91 Å². The quantitative estimate of drug-likeness (QED) is 0.496. The normalized spacial score (nSPS) is 12.8. The lowest BCUT2D eigenvalue weighted by Crippen LogP contribution is -2.46. The van der Waals surface area contributed by atoms with Gasteiger partial charge in [-0.25, -0.2) is 0 Å². The van der Waals surface area contributed by atoms with E-state index in [0.29, 0.717) is 18.5 Å². The summed E-state index contributed by atoms with van der Waals surface area (Å²) in [6.07, 6.45) is 6.05. The van der Waals surface area contributed by atoms with E-state index < -0.39 is 0 Å². The lowest BCUT2D eigenvalue weighted by molar-refractivity contribution is -0.128. The van der Waals surface area contributed by atoms with Crippen molar-refractivity contribution in [3.8, 4) is 0 Å². The Kier molecular flexibility index (Phi) is 10.4. The average molecular weight is 362 g/mol. The number of nitrogens with zero attached hydrogens (tertiary/aromatic N) is 3. The van der Waals surface area contributed by atoms with Crippen LogP contribution in [-0.4, -0.2) is 55.0 Å². The molecular formula is C20H35N5O. The van der Waals surface area contributed by atoms with Crippen molar-refractivity contribution < 1.29 is 4.79 Å². The number of nitrogens with one attached hydrogen (secondary N) is 2. The second kappa shape index (κ2) is 12.3. The van der Waals surface area contributed by atoms with Gasteiger partial charge in [-0.3, -0.25) is 14.8 Å².